The zero-order valence-electron chi connectivity index (χ0n) is 39.2. The fourth-order valence-corrected chi connectivity index (χ4v) is 11.1. The first-order chi connectivity index (χ1) is 32.8. The molecular weight excluding hydrogens is 913 g/mol. The first-order valence-electron chi connectivity index (χ1n) is 23.0. The molecule has 3 saturated heterocycles. The highest BCUT2D eigenvalue weighted by atomic mass is 32.2. The summed E-state index contributed by atoms with van der Waals surface area (Å²) in [5, 5.41) is 7.89. The van der Waals surface area contributed by atoms with Crippen LogP contribution < -0.4 is 24.4 Å². The van der Waals surface area contributed by atoms with Crippen molar-refractivity contribution in [3.63, 3.8) is 0 Å². The van der Waals surface area contributed by atoms with Crippen molar-refractivity contribution in [3.05, 3.63) is 107 Å². The fraction of sp³-hybridized carbons (Fsp3) is 0.420. The molecule has 4 aliphatic heterocycles. The molecule has 364 valence electrons. The van der Waals surface area contributed by atoms with Crippen LogP contribution in [0.25, 0.3) is 10.9 Å². The van der Waals surface area contributed by atoms with Crippen molar-refractivity contribution in [2.75, 3.05) is 69.9 Å². The number of carbonyl (C=O) groups excluding carboxylic acids is 4. The summed E-state index contributed by atoms with van der Waals surface area (Å²) in [5.41, 5.74) is 2.67. The van der Waals surface area contributed by atoms with Gasteiger partial charge in [0, 0.05) is 76.1 Å². The number of nitrogens with zero attached hydrogens (tertiary/aromatic N) is 6. The molecule has 0 bridgehead atoms. The van der Waals surface area contributed by atoms with Crippen LogP contribution in [0.4, 0.5) is 14.5 Å². The number of imide groups is 2. The van der Waals surface area contributed by atoms with Gasteiger partial charge in [-0.2, -0.15) is 5.10 Å². The molecule has 0 spiro atoms. The number of sulfone groups is 1. The number of likely N-dealkylation sites (tertiary alicyclic amines) is 1. The lowest BCUT2D eigenvalue weighted by molar-refractivity contribution is -0.137. The van der Waals surface area contributed by atoms with E-state index < -0.39 is 50.8 Å². The van der Waals surface area contributed by atoms with Crippen LogP contribution in [0.1, 0.15) is 76.7 Å². The molecule has 69 heavy (non-hydrogen) atoms. The zero-order valence-corrected chi connectivity index (χ0v) is 40.0. The number of alkyl halides is 2. The van der Waals surface area contributed by atoms with Gasteiger partial charge in [-0.05, 0) is 92.4 Å². The highest BCUT2D eigenvalue weighted by Crippen LogP contribution is 2.40. The van der Waals surface area contributed by atoms with Gasteiger partial charge in [0.15, 0.2) is 11.5 Å². The molecule has 0 saturated carbocycles. The predicted octanol–water partition coefficient (Wildman–Crippen LogP) is 5.88. The third-order valence-corrected chi connectivity index (χ3v) is 14.7. The molecule has 16 nitrogen and oxygen atoms in total. The Balaban J connectivity index is 0.799. The number of rotatable bonds is 14. The van der Waals surface area contributed by atoms with Crippen molar-refractivity contribution >= 4 is 50.1 Å². The number of methoxy groups -OCH3 is 1. The van der Waals surface area contributed by atoms with Gasteiger partial charge < -0.3 is 19.1 Å². The summed E-state index contributed by atoms with van der Waals surface area (Å²) in [4.78, 5) is 59.2. The second-order valence-electron chi connectivity index (χ2n) is 18.6. The number of hydrogen-bond donors (Lipinski definition) is 1. The van der Waals surface area contributed by atoms with Gasteiger partial charge in [-0.15, -0.1) is 0 Å². The SMILES string of the molecule is CCOc1cc(C(CS(C)(=O)=O)N2C(=O)c3ccc(N4CCN(C5CCN(Cc6ccc(Oc7ccc8c(C9(C)CCC(=O)NC9=O)nn(C)c8c7)cc6)CC5(F)F)CC4)cc3C2=O)ccc1OC. The number of hydrogen-bond acceptors (Lipinski definition) is 13. The number of fused-ring (bicyclic) bond motifs is 2. The minimum atomic E-state index is -3.68. The summed E-state index contributed by atoms with van der Waals surface area (Å²) in [7, 11) is -0.407. The van der Waals surface area contributed by atoms with Crippen LogP contribution in [0, 0.1) is 0 Å². The van der Waals surface area contributed by atoms with Crippen molar-refractivity contribution in [2.45, 2.75) is 63.1 Å². The van der Waals surface area contributed by atoms with Crippen molar-refractivity contribution in [2.24, 2.45) is 7.05 Å². The number of halogens is 2. The van der Waals surface area contributed by atoms with Gasteiger partial charge in [0.1, 0.15) is 21.3 Å². The number of amides is 4. The van der Waals surface area contributed by atoms with E-state index in [9.17, 15) is 27.6 Å². The van der Waals surface area contributed by atoms with E-state index in [0.29, 0.717) is 92.2 Å². The van der Waals surface area contributed by atoms with E-state index in [1.54, 1.807) is 72.9 Å². The monoisotopic (exact) mass is 967 g/mol. The van der Waals surface area contributed by atoms with Crippen LogP contribution in [-0.4, -0.2) is 133 Å². The normalized spacial score (nSPS) is 21.6. The number of piperidine rings is 2. The van der Waals surface area contributed by atoms with Crippen LogP contribution in [0.2, 0.25) is 0 Å². The maximum atomic E-state index is 16.0. The number of aryl methyl sites for hydroxylation is 1. The summed E-state index contributed by atoms with van der Waals surface area (Å²) >= 11 is 0. The van der Waals surface area contributed by atoms with Crippen LogP contribution in [0.3, 0.4) is 0 Å². The molecule has 1 aromatic heterocycles. The highest BCUT2D eigenvalue weighted by molar-refractivity contribution is 7.90. The van der Waals surface area contributed by atoms with Crippen molar-refractivity contribution in [1.82, 2.24) is 29.8 Å². The Labute approximate surface area is 399 Å². The topological polar surface area (TPSA) is 173 Å². The molecule has 5 heterocycles. The molecular formula is C50H55F2N7O9S. The Bertz CT molecular complexity index is 2960. The van der Waals surface area contributed by atoms with E-state index in [-0.39, 0.29) is 42.3 Å². The average Bonchev–Trinajstić information content (AvgIpc) is 3.78. The molecule has 3 atom stereocenters. The largest absolute Gasteiger partial charge is 0.493 e. The number of aromatic nitrogens is 2. The van der Waals surface area contributed by atoms with E-state index in [1.807, 2.05) is 46.2 Å². The van der Waals surface area contributed by atoms with Crippen LogP contribution in [0.5, 0.6) is 23.0 Å². The Morgan fingerprint density at radius 3 is 2.28 bits per heavy atom. The second kappa shape index (κ2) is 18.5. The number of piperazine rings is 1. The molecule has 3 fully saturated rings. The Hall–Kier alpha value is -6.44. The minimum Gasteiger partial charge on any atom is -0.493 e. The van der Waals surface area contributed by atoms with E-state index in [0.717, 1.165) is 27.6 Å². The first kappa shape index (κ1) is 47.6. The van der Waals surface area contributed by atoms with Crippen LogP contribution in [-0.2, 0) is 38.4 Å². The molecule has 4 aliphatic rings. The maximum Gasteiger partial charge on any atom is 0.275 e. The van der Waals surface area contributed by atoms with Gasteiger partial charge in [-0.1, -0.05) is 18.2 Å². The number of anilines is 1. The van der Waals surface area contributed by atoms with Gasteiger partial charge in [0.2, 0.25) is 11.8 Å². The molecule has 4 aromatic carbocycles. The maximum absolute atomic E-state index is 16.0. The fourth-order valence-electron chi connectivity index (χ4n) is 10.2. The van der Waals surface area contributed by atoms with Crippen LogP contribution in [0.15, 0.2) is 78.9 Å². The standard InChI is InChI=1S/C50H55F2N7O9S/c1-6-67-42-25-32(9-16-41(42)66-4)40(29-69(5,64)65)59-46(61)36-14-10-33(26-38(36)47(59)62)57-21-23-58(24-22-57)43-18-20-56(30-50(43,51)52)28-31-7-11-34(12-8-31)68-35-13-15-37-39(27-35)55(3)54-45(37)49(2)19-17-44(60)53-48(49)63/h7-16,25-27,40,43H,6,17-24,28-30H2,1-5H3,(H,53,60,63). The second-order valence-corrected chi connectivity index (χ2v) is 20.8. The zero-order chi connectivity index (χ0) is 49.0. The number of benzene rings is 4. The molecule has 1 N–H and O–H groups in total. The summed E-state index contributed by atoms with van der Waals surface area (Å²) < 4.78 is 76.3. The smallest absolute Gasteiger partial charge is 0.275 e. The summed E-state index contributed by atoms with van der Waals surface area (Å²) in [5.74, 6) is -3.44. The van der Waals surface area contributed by atoms with Gasteiger partial charge >= 0.3 is 0 Å². The molecule has 19 heteroatoms. The van der Waals surface area contributed by atoms with Crippen LogP contribution >= 0.6 is 0 Å². The average molecular weight is 968 g/mol. The van der Waals surface area contributed by atoms with Crippen molar-refractivity contribution in [1.29, 1.82) is 0 Å². The number of ether oxygens (including phenoxy) is 3. The lowest BCUT2D eigenvalue weighted by Gasteiger charge is -2.46. The van der Waals surface area contributed by atoms with Gasteiger partial charge in [0.05, 0.1) is 65.9 Å². The van der Waals surface area contributed by atoms with Gasteiger partial charge in [-0.3, -0.25) is 43.9 Å². The van der Waals surface area contributed by atoms with E-state index >= 15 is 8.78 Å². The molecule has 9 rings (SSSR count). The quantitative estimate of drug-likeness (QED) is 0.131. The van der Waals surface area contributed by atoms with Gasteiger partial charge in [-0.25, -0.2) is 17.2 Å². The third-order valence-electron chi connectivity index (χ3n) is 13.8. The Kier molecular flexibility index (Phi) is 12.7. The summed E-state index contributed by atoms with van der Waals surface area (Å²) in [6.07, 6.45) is 1.94. The minimum absolute atomic E-state index is 0.152. The van der Waals surface area contributed by atoms with Crippen molar-refractivity contribution < 1.29 is 50.6 Å². The number of nitrogens with one attached hydrogen (secondary N) is 1. The van der Waals surface area contributed by atoms with Gasteiger partial charge in [0.25, 0.3) is 17.7 Å². The van der Waals surface area contributed by atoms with E-state index in [1.165, 1.54) is 7.11 Å². The molecule has 3 unspecified atom stereocenters. The molecule has 5 aromatic rings. The summed E-state index contributed by atoms with van der Waals surface area (Å²) in [6.45, 7) is 5.95. The summed E-state index contributed by atoms with van der Waals surface area (Å²) in [6, 6.07) is 20.6. The lowest BCUT2D eigenvalue weighted by Crippen LogP contribution is -2.61. The predicted molar refractivity (Wildman–Crippen MR) is 253 cm³/mol. The molecule has 4 amide bonds. The molecule has 0 radical (unpaired) electrons. The lowest BCUT2D eigenvalue weighted by atomic mass is 9.77. The molecule has 0 aliphatic carbocycles. The third kappa shape index (κ3) is 9.38. The van der Waals surface area contributed by atoms with Crippen molar-refractivity contribution in [3.8, 4) is 23.0 Å². The first-order valence-corrected chi connectivity index (χ1v) is 25.1. The Morgan fingerprint density at radius 1 is 0.870 bits per heavy atom. The Morgan fingerprint density at radius 2 is 1.59 bits per heavy atom. The highest BCUT2D eigenvalue weighted by Gasteiger charge is 2.48. The van der Waals surface area contributed by atoms with E-state index in [4.69, 9.17) is 14.2 Å². The van der Waals surface area contributed by atoms with E-state index in [2.05, 4.69) is 10.4 Å². The number of carbonyl (C=O) groups is 4.